The molecule has 0 radical (unpaired) electrons. The van der Waals surface area contributed by atoms with Crippen LogP contribution in [0.15, 0.2) is 91.0 Å². The highest BCUT2D eigenvalue weighted by atomic mass is 16.4. The molecule has 17 heteroatoms. The Labute approximate surface area is 374 Å². The van der Waals surface area contributed by atoms with E-state index in [0.29, 0.717) is 24.8 Å². The van der Waals surface area contributed by atoms with Crippen molar-refractivity contribution in [2.24, 2.45) is 5.92 Å². The summed E-state index contributed by atoms with van der Waals surface area (Å²) in [5.74, 6) is -5.70. The topological polar surface area (TPSA) is 244 Å². The Morgan fingerprint density at radius 3 is 1.95 bits per heavy atom. The number of amides is 8. The number of benzene rings is 3. The lowest BCUT2D eigenvalue weighted by Gasteiger charge is -2.34. The normalized spacial score (nSPS) is 21.5. The summed E-state index contributed by atoms with van der Waals surface area (Å²) in [6, 6.07) is 18.5. The molecule has 1 fully saturated rings. The molecule has 1 heterocycles. The maximum atomic E-state index is 14.6. The Balaban J connectivity index is 1.71. The van der Waals surface area contributed by atoms with Gasteiger partial charge in [-0.05, 0) is 54.7 Å². The van der Waals surface area contributed by atoms with Crippen LogP contribution in [0.3, 0.4) is 0 Å². The third-order valence-corrected chi connectivity index (χ3v) is 11.4. The fraction of sp³-hybridized carbons (Fsp3) is 0.447. The van der Waals surface area contributed by atoms with Crippen LogP contribution < -0.4 is 37.2 Å². The van der Waals surface area contributed by atoms with E-state index in [4.69, 9.17) is 0 Å². The van der Waals surface area contributed by atoms with Crippen LogP contribution in [-0.2, 0) is 52.8 Å². The van der Waals surface area contributed by atoms with Gasteiger partial charge in [-0.25, -0.2) is 9.59 Å². The number of carboxylic acids is 1. The largest absolute Gasteiger partial charge is 0.480 e. The number of hydrogen-bond donors (Lipinski definition) is 8. The fourth-order valence-electron chi connectivity index (χ4n) is 7.34. The molecule has 7 atom stereocenters. The van der Waals surface area contributed by atoms with Crippen molar-refractivity contribution in [1.82, 2.24) is 42.1 Å². The van der Waals surface area contributed by atoms with Gasteiger partial charge in [0, 0.05) is 33.5 Å². The first-order valence-electron chi connectivity index (χ1n) is 21.8. The minimum atomic E-state index is -1.44. The van der Waals surface area contributed by atoms with Crippen molar-refractivity contribution in [2.45, 2.75) is 108 Å². The van der Waals surface area contributed by atoms with E-state index in [1.54, 1.807) is 61.5 Å². The summed E-state index contributed by atoms with van der Waals surface area (Å²) in [4.78, 5) is 111. The molecule has 0 aliphatic carbocycles. The highest BCUT2D eigenvalue weighted by Crippen LogP contribution is 2.18. The molecule has 0 spiro atoms. The molecule has 1 saturated heterocycles. The quantitative estimate of drug-likeness (QED) is 0.118. The zero-order chi connectivity index (χ0) is 46.6. The number of nitrogens with one attached hydrogen (secondary N) is 7. The molecule has 0 bridgehead atoms. The number of aliphatic carboxylic acids is 1. The number of urea groups is 1. The molecular weight excluding hydrogens is 821 g/mol. The van der Waals surface area contributed by atoms with E-state index < -0.39 is 96.0 Å². The van der Waals surface area contributed by atoms with E-state index in [1.165, 1.54) is 19.0 Å². The van der Waals surface area contributed by atoms with Gasteiger partial charge in [-0.1, -0.05) is 111 Å². The first-order valence-corrected chi connectivity index (χ1v) is 21.8. The Morgan fingerprint density at radius 1 is 0.766 bits per heavy atom. The van der Waals surface area contributed by atoms with Gasteiger partial charge >= 0.3 is 12.0 Å². The smallest absolute Gasteiger partial charge is 0.326 e. The van der Waals surface area contributed by atoms with Crippen LogP contribution in [0.4, 0.5) is 4.79 Å². The van der Waals surface area contributed by atoms with Crippen LogP contribution in [0.2, 0.25) is 0 Å². The van der Waals surface area contributed by atoms with Crippen molar-refractivity contribution in [1.29, 1.82) is 0 Å². The van der Waals surface area contributed by atoms with Crippen LogP contribution in [0.25, 0.3) is 0 Å². The number of hydrogen-bond acceptors (Lipinski definition) is 8. The number of aryl methyl sites for hydroxylation is 1. The van der Waals surface area contributed by atoms with Crippen LogP contribution in [0, 0.1) is 5.92 Å². The lowest BCUT2D eigenvalue weighted by atomic mass is 9.95. The highest BCUT2D eigenvalue weighted by molar-refractivity contribution is 5.98. The second kappa shape index (κ2) is 25.4. The predicted molar refractivity (Wildman–Crippen MR) is 239 cm³/mol. The molecule has 7 unspecified atom stereocenters. The minimum absolute atomic E-state index is 0.0195. The molecule has 0 saturated carbocycles. The molecule has 17 nitrogen and oxygen atoms in total. The van der Waals surface area contributed by atoms with Crippen LogP contribution >= 0.6 is 0 Å². The summed E-state index contributed by atoms with van der Waals surface area (Å²) >= 11 is 0. The summed E-state index contributed by atoms with van der Waals surface area (Å²) in [7, 11) is 2.82. The maximum Gasteiger partial charge on any atom is 0.326 e. The maximum absolute atomic E-state index is 14.6. The van der Waals surface area contributed by atoms with Crippen LogP contribution in [-0.4, -0.2) is 114 Å². The van der Waals surface area contributed by atoms with Crippen molar-refractivity contribution in [3.63, 3.8) is 0 Å². The van der Waals surface area contributed by atoms with Gasteiger partial charge in [0.2, 0.25) is 35.4 Å². The molecule has 3 aromatic carbocycles. The van der Waals surface area contributed by atoms with E-state index >= 15 is 0 Å². The number of carbonyl (C=O) groups excluding carboxylic acids is 7. The number of carbonyl (C=O) groups is 8. The highest BCUT2D eigenvalue weighted by Gasteiger charge is 2.38. The molecule has 64 heavy (non-hydrogen) atoms. The lowest BCUT2D eigenvalue weighted by Crippen LogP contribution is -2.61. The molecular formula is C47H62N8O9. The zero-order valence-electron chi connectivity index (χ0n) is 36.9. The van der Waals surface area contributed by atoms with Crippen molar-refractivity contribution in [3.05, 3.63) is 108 Å². The fourth-order valence-corrected chi connectivity index (χ4v) is 7.34. The van der Waals surface area contributed by atoms with Gasteiger partial charge in [-0.3, -0.25) is 28.8 Å². The number of likely N-dealkylation sites (N-methyl/N-ethyl adjacent to an activating group) is 1. The lowest BCUT2D eigenvalue weighted by molar-refractivity contribution is -0.144. The zero-order valence-corrected chi connectivity index (χ0v) is 36.9. The molecule has 8 amide bonds. The van der Waals surface area contributed by atoms with E-state index in [2.05, 4.69) is 37.2 Å². The molecule has 4 rings (SSSR count). The van der Waals surface area contributed by atoms with Crippen molar-refractivity contribution >= 4 is 47.4 Å². The monoisotopic (exact) mass is 882 g/mol. The van der Waals surface area contributed by atoms with Gasteiger partial charge < -0.3 is 47.2 Å². The van der Waals surface area contributed by atoms with Gasteiger partial charge in [0.1, 0.15) is 36.3 Å². The van der Waals surface area contributed by atoms with E-state index in [0.717, 1.165) is 11.1 Å². The van der Waals surface area contributed by atoms with E-state index in [-0.39, 0.29) is 38.6 Å². The second-order valence-corrected chi connectivity index (χ2v) is 16.1. The first-order chi connectivity index (χ1) is 30.7. The van der Waals surface area contributed by atoms with Crippen LogP contribution in [0.5, 0.6) is 0 Å². The molecule has 0 aromatic heterocycles. The van der Waals surface area contributed by atoms with Gasteiger partial charge in [0.15, 0.2) is 0 Å². The Bertz CT molecular complexity index is 2040. The second-order valence-electron chi connectivity index (χ2n) is 16.1. The van der Waals surface area contributed by atoms with Gasteiger partial charge in [-0.15, -0.1) is 0 Å². The molecule has 344 valence electrons. The van der Waals surface area contributed by atoms with Gasteiger partial charge in [0.05, 0.1) is 6.42 Å². The van der Waals surface area contributed by atoms with Gasteiger partial charge in [-0.2, -0.15) is 0 Å². The third kappa shape index (κ3) is 15.5. The summed E-state index contributed by atoms with van der Waals surface area (Å²) in [6.07, 6.45) is 1.10. The van der Waals surface area contributed by atoms with Crippen LogP contribution in [0.1, 0.15) is 69.1 Å². The minimum Gasteiger partial charge on any atom is -0.480 e. The molecule has 1 aliphatic rings. The molecule has 3 aromatic rings. The predicted octanol–water partition coefficient (Wildman–Crippen LogP) is 1.99. The SMILES string of the molecule is CCC(C)C1NC(=O)C(NC(=O)NC(Cc2ccccc2)C(=O)O)CCCCNC(=O)C(Cc2ccccc2)NC(=O)C(CC(=O)NC)NC(=O)C(CCc2ccccc2)N(C)C1=O. The van der Waals surface area contributed by atoms with E-state index in [9.17, 15) is 43.5 Å². The summed E-state index contributed by atoms with van der Waals surface area (Å²) < 4.78 is 0. The van der Waals surface area contributed by atoms with Crippen molar-refractivity contribution in [3.8, 4) is 0 Å². The Kier molecular flexibility index (Phi) is 19.8. The average molecular weight is 883 g/mol. The summed E-state index contributed by atoms with van der Waals surface area (Å²) in [5, 5.41) is 28.6. The summed E-state index contributed by atoms with van der Waals surface area (Å²) in [5.41, 5.74) is 2.27. The molecule has 8 N–H and O–H groups in total. The standard InChI is InChI=1S/C47H62N8O9/c1-5-30(2)40-45(61)55(4)38(25-24-31-17-9-6-10-18-31)44(60)51-36(29-39(56)48-3)43(59)50-35(27-32-19-11-7-12-20-32)41(57)49-26-16-15-23-34(42(58)54-40)52-47(64)53-37(46(62)63)28-33-21-13-8-14-22-33/h6-14,17-22,30,34-38,40H,5,15-16,23-29H2,1-4H3,(H,48,56)(H,49,57)(H,50,59)(H,51,60)(H,54,58)(H,62,63)(H2,52,53,64). The third-order valence-electron chi connectivity index (χ3n) is 11.4. The van der Waals surface area contributed by atoms with Crippen molar-refractivity contribution in [2.75, 3.05) is 20.6 Å². The molecule has 1 aliphatic heterocycles. The Morgan fingerprint density at radius 2 is 1.36 bits per heavy atom. The Hall–Kier alpha value is -6.78. The number of nitrogens with zero attached hydrogens (tertiary/aromatic N) is 1. The van der Waals surface area contributed by atoms with E-state index in [1.807, 2.05) is 43.3 Å². The van der Waals surface area contributed by atoms with Gasteiger partial charge in [0.25, 0.3) is 0 Å². The summed E-state index contributed by atoms with van der Waals surface area (Å²) in [6.45, 7) is 3.71. The first kappa shape index (κ1) is 49.9. The van der Waals surface area contributed by atoms with Crippen molar-refractivity contribution < 1.29 is 43.5 Å². The number of rotatable bonds is 14. The average Bonchev–Trinajstić information content (AvgIpc) is 3.29. The number of carboxylic acid groups (broad SMARTS) is 1.